The van der Waals surface area contributed by atoms with Gasteiger partial charge < -0.3 is 0 Å². The summed E-state index contributed by atoms with van der Waals surface area (Å²) < 4.78 is 0. The van der Waals surface area contributed by atoms with E-state index >= 15 is 0 Å². The second kappa shape index (κ2) is 5.09. The van der Waals surface area contributed by atoms with E-state index in [2.05, 4.69) is 15.9 Å². The molecule has 0 saturated carbocycles. The van der Waals surface area contributed by atoms with Crippen molar-refractivity contribution in [3.05, 3.63) is 55.7 Å². The highest BCUT2D eigenvalue weighted by molar-refractivity contribution is 9.09. The van der Waals surface area contributed by atoms with Crippen molar-refractivity contribution in [1.82, 2.24) is 0 Å². The molecule has 1 aromatic heterocycles. The van der Waals surface area contributed by atoms with Gasteiger partial charge in [-0.2, -0.15) is 0 Å². The van der Waals surface area contributed by atoms with Gasteiger partial charge in [-0.15, -0.1) is 11.3 Å². The lowest BCUT2D eigenvalue weighted by Gasteiger charge is -2.12. The molecule has 1 unspecified atom stereocenters. The van der Waals surface area contributed by atoms with E-state index in [0.29, 0.717) is 0 Å². The molecule has 0 aliphatic rings. The molecule has 2 rings (SSSR count). The Hall–Kier alpha value is -0.0200. The second-order valence-corrected chi connectivity index (χ2v) is 6.12. The molecule has 84 valence electrons. The van der Waals surface area contributed by atoms with Gasteiger partial charge in [0.15, 0.2) is 0 Å². The molecule has 0 aliphatic heterocycles. The number of hydrogen-bond donors (Lipinski definition) is 0. The number of alkyl halides is 1. The molecule has 0 nitrogen and oxygen atoms in total. The van der Waals surface area contributed by atoms with E-state index < -0.39 is 0 Å². The fraction of sp³-hybridized carbons (Fsp3) is 0.167. The van der Waals surface area contributed by atoms with Crippen molar-refractivity contribution >= 4 is 50.5 Å². The summed E-state index contributed by atoms with van der Waals surface area (Å²) in [6.45, 7) is 2.00. The van der Waals surface area contributed by atoms with E-state index in [-0.39, 0.29) is 4.83 Å². The molecule has 0 radical (unpaired) electrons. The van der Waals surface area contributed by atoms with Crippen LogP contribution in [-0.2, 0) is 0 Å². The number of thiophene rings is 1. The van der Waals surface area contributed by atoms with Gasteiger partial charge in [0.2, 0.25) is 0 Å². The Morgan fingerprint density at radius 3 is 2.62 bits per heavy atom. The quantitative estimate of drug-likeness (QED) is 0.604. The molecule has 0 saturated heterocycles. The fourth-order valence-corrected chi connectivity index (χ4v) is 4.10. The molecular weight excluding hydrogens is 327 g/mol. The van der Waals surface area contributed by atoms with Crippen molar-refractivity contribution in [1.29, 1.82) is 0 Å². The van der Waals surface area contributed by atoms with Crippen molar-refractivity contribution in [2.75, 3.05) is 0 Å². The lowest BCUT2D eigenvalue weighted by atomic mass is 10.1. The van der Waals surface area contributed by atoms with Crippen molar-refractivity contribution in [2.45, 2.75) is 11.8 Å². The highest BCUT2D eigenvalue weighted by atomic mass is 79.9. The lowest BCUT2D eigenvalue weighted by molar-refractivity contribution is 1.21. The van der Waals surface area contributed by atoms with Gasteiger partial charge >= 0.3 is 0 Å². The minimum absolute atomic E-state index is 0.0624. The Balaban J connectivity index is 2.46. The Labute approximate surface area is 117 Å². The lowest BCUT2D eigenvalue weighted by Crippen LogP contribution is -1.93. The zero-order valence-electron chi connectivity index (χ0n) is 8.51. The molecule has 1 atom stereocenters. The first-order chi connectivity index (χ1) is 7.61. The van der Waals surface area contributed by atoms with E-state index in [1.165, 1.54) is 0 Å². The molecule has 0 N–H and O–H groups in total. The van der Waals surface area contributed by atoms with Crippen LogP contribution in [0.3, 0.4) is 0 Å². The molecule has 4 heteroatoms. The second-order valence-electron chi connectivity index (χ2n) is 3.47. The Morgan fingerprint density at radius 1 is 1.25 bits per heavy atom. The van der Waals surface area contributed by atoms with Gasteiger partial charge in [0.1, 0.15) is 0 Å². The summed E-state index contributed by atoms with van der Waals surface area (Å²) in [6.07, 6.45) is 0. The van der Waals surface area contributed by atoms with Crippen LogP contribution in [0.25, 0.3) is 0 Å². The minimum atomic E-state index is 0.0624. The number of halogens is 3. The maximum absolute atomic E-state index is 6.29. The van der Waals surface area contributed by atoms with Crippen LogP contribution in [0.2, 0.25) is 10.0 Å². The summed E-state index contributed by atoms with van der Waals surface area (Å²) in [5, 5.41) is 3.56. The average molecular weight is 336 g/mol. The van der Waals surface area contributed by atoms with Crippen LogP contribution in [0.15, 0.2) is 29.6 Å². The summed E-state index contributed by atoms with van der Waals surface area (Å²) in [4.78, 5) is 1.15. The highest BCUT2D eigenvalue weighted by Gasteiger charge is 2.18. The van der Waals surface area contributed by atoms with Crippen molar-refractivity contribution in [2.24, 2.45) is 0 Å². The van der Waals surface area contributed by atoms with Crippen molar-refractivity contribution < 1.29 is 0 Å². The van der Waals surface area contributed by atoms with Gasteiger partial charge in [-0.05, 0) is 29.5 Å². The molecule has 16 heavy (non-hydrogen) atoms. The van der Waals surface area contributed by atoms with Crippen LogP contribution in [0.5, 0.6) is 0 Å². The number of aryl methyl sites for hydroxylation is 1. The number of rotatable bonds is 2. The van der Waals surface area contributed by atoms with Crippen LogP contribution in [0.1, 0.15) is 20.8 Å². The molecule has 2 aromatic rings. The van der Waals surface area contributed by atoms with E-state index in [0.717, 1.165) is 26.0 Å². The third-order valence-electron chi connectivity index (χ3n) is 2.37. The molecule has 0 aliphatic carbocycles. The summed E-state index contributed by atoms with van der Waals surface area (Å²) in [5.41, 5.74) is 2.14. The van der Waals surface area contributed by atoms with Crippen LogP contribution < -0.4 is 0 Å². The predicted octanol–water partition coefficient (Wildman–Crippen LogP) is 5.85. The zero-order chi connectivity index (χ0) is 11.7. The normalized spacial score (nSPS) is 12.8. The summed E-state index contributed by atoms with van der Waals surface area (Å²) >= 11 is 17.7. The third-order valence-corrected chi connectivity index (χ3v) is 5.56. The van der Waals surface area contributed by atoms with Crippen molar-refractivity contribution in [3.8, 4) is 0 Å². The third kappa shape index (κ3) is 2.30. The van der Waals surface area contributed by atoms with Crippen LogP contribution in [0, 0.1) is 6.92 Å². The molecule has 1 heterocycles. The van der Waals surface area contributed by atoms with E-state index in [9.17, 15) is 0 Å². The highest BCUT2D eigenvalue weighted by Crippen LogP contribution is 2.41. The Kier molecular flexibility index (Phi) is 3.96. The van der Waals surface area contributed by atoms with Crippen LogP contribution in [-0.4, -0.2) is 0 Å². The minimum Gasteiger partial charge on any atom is -0.146 e. The first-order valence-electron chi connectivity index (χ1n) is 4.73. The molecule has 1 aromatic carbocycles. The molecule has 0 fully saturated rings. The number of hydrogen-bond acceptors (Lipinski definition) is 1. The van der Waals surface area contributed by atoms with Crippen LogP contribution in [0.4, 0.5) is 0 Å². The number of benzene rings is 1. The van der Waals surface area contributed by atoms with Gasteiger partial charge in [-0.25, -0.2) is 0 Å². The maximum Gasteiger partial charge on any atom is 0.0767 e. The molecule has 0 spiro atoms. The summed E-state index contributed by atoms with van der Waals surface area (Å²) in [7, 11) is 0. The first kappa shape index (κ1) is 12.4. The van der Waals surface area contributed by atoms with Gasteiger partial charge in [0.05, 0.1) is 9.85 Å². The molecule has 0 amide bonds. The topological polar surface area (TPSA) is 0 Å². The van der Waals surface area contributed by atoms with Gasteiger partial charge in [-0.3, -0.25) is 0 Å². The summed E-state index contributed by atoms with van der Waals surface area (Å²) in [6, 6.07) is 7.93. The first-order valence-corrected chi connectivity index (χ1v) is 7.28. The van der Waals surface area contributed by atoms with E-state index in [4.69, 9.17) is 23.2 Å². The Morgan fingerprint density at radius 2 is 2.00 bits per heavy atom. The monoisotopic (exact) mass is 334 g/mol. The van der Waals surface area contributed by atoms with E-state index in [1.807, 2.05) is 36.6 Å². The average Bonchev–Trinajstić information content (AvgIpc) is 2.68. The Bertz CT molecular complexity index is 507. The van der Waals surface area contributed by atoms with Gasteiger partial charge in [0, 0.05) is 9.90 Å². The van der Waals surface area contributed by atoms with Crippen LogP contribution >= 0.6 is 50.5 Å². The smallest absolute Gasteiger partial charge is 0.0767 e. The zero-order valence-corrected chi connectivity index (χ0v) is 12.4. The summed E-state index contributed by atoms with van der Waals surface area (Å²) in [5.74, 6) is 0. The van der Waals surface area contributed by atoms with Gasteiger partial charge in [0.25, 0.3) is 0 Å². The fourth-order valence-electron chi connectivity index (χ4n) is 1.49. The SMILES string of the molecule is Cc1cccc(C(Br)c2sccc2Cl)c1Cl. The largest absolute Gasteiger partial charge is 0.146 e. The maximum atomic E-state index is 6.29. The molecular formula is C12H9BrCl2S. The predicted molar refractivity (Wildman–Crippen MR) is 76.3 cm³/mol. The standard InChI is InChI=1S/C12H9BrCl2S/c1-7-3-2-4-8(11(7)15)10(13)12-9(14)5-6-16-12/h2-6,10H,1H3. The van der Waals surface area contributed by atoms with E-state index in [1.54, 1.807) is 11.3 Å². The van der Waals surface area contributed by atoms with Gasteiger partial charge in [-0.1, -0.05) is 57.3 Å². The molecule has 0 bridgehead atoms. The van der Waals surface area contributed by atoms with Crippen molar-refractivity contribution in [3.63, 3.8) is 0 Å².